The van der Waals surface area contributed by atoms with Crippen molar-refractivity contribution in [2.24, 2.45) is 0 Å². The molecule has 7 nitrogen and oxygen atoms in total. The van der Waals surface area contributed by atoms with Crippen LogP contribution in [0.25, 0.3) is 0 Å². The number of nitrogens with one attached hydrogen (secondary N) is 2. The van der Waals surface area contributed by atoms with Crippen molar-refractivity contribution in [3.8, 4) is 0 Å². The number of hydrogen-bond acceptors (Lipinski definition) is 5. The molecule has 7 heteroatoms. The molecular weight excluding hydrogens is 306 g/mol. The Kier molecular flexibility index (Phi) is 5.43. The van der Waals surface area contributed by atoms with E-state index in [9.17, 15) is 4.79 Å². The van der Waals surface area contributed by atoms with Crippen LogP contribution in [0, 0.1) is 6.92 Å². The highest BCUT2D eigenvalue weighted by atomic mass is 16.5. The van der Waals surface area contributed by atoms with Gasteiger partial charge in [-0.2, -0.15) is 0 Å². The fourth-order valence-electron chi connectivity index (χ4n) is 2.90. The maximum atomic E-state index is 12.0. The monoisotopic (exact) mass is 329 g/mol. The van der Waals surface area contributed by atoms with E-state index in [1.165, 1.54) is 5.56 Å². The average molecular weight is 329 g/mol. The van der Waals surface area contributed by atoms with Crippen LogP contribution in [0.1, 0.15) is 24.2 Å². The SMILES string of the molecule is Cc1cc(NC(=O)NC2CCN(CCc3ccncc3)CC2)no1. The van der Waals surface area contributed by atoms with Gasteiger partial charge in [-0.05, 0) is 43.9 Å². The number of aromatic nitrogens is 2. The van der Waals surface area contributed by atoms with E-state index in [0.717, 1.165) is 38.9 Å². The van der Waals surface area contributed by atoms with Gasteiger partial charge in [0.1, 0.15) is 5.76 Å². The van der Waals surface area contributed by atoms with E-state index in [2.05, 4.69) is 37.8 Å². The molecule has 128 valence electrons. The lowest BCUT2D eigenvalue weighted by atomic mass is 10.0. The highest BCUT2D eigenvalue weighted by Gasteiger charge is 2.20. The van der Waals surface area contributed by atoms with E-state index in [4.69, 9.17) is 4.52 Å². The zero-order valence-corrected chi connectivity index (χ0v) is 13.9. The molecule has 2 amide bonds. The van der Waals surface area contributed by atoms with Crippen LogP contribution in [0.15, 0.2) is 35.1 Å². The molecule has 2 N–H and O–H groups in total. The third-order valence-electron chi connectivity index (χ3n) is 4.26. The first kappa shape index (κ1) is 16.4. The molecule has 2 aromatic heterocycles. The number of amides is 2. The Morgan fingerprint density at radius 3 is 2.75 bits per heavy atom. The molecule has 1 fully saturated rings. The largest absolute Gasteiger partial charge is 0.360 e. The molecule has 1 aliphatic heterocycles. The third-order valence-corrected chi connectivity index (χ3v) is 4.26. The van der Waals surface area contributed by atoms with E-state index < -0.39 is 0 Å². The standard InChI is InChI=1S/C17H23N5O2/c1-13-12-16(21-24-13)20-17(23)19-15-5-10-22(11-6-15)9-4-14-2-7-18-8-3-14/h2-3,7-8,12,15H,4-6,9-11H2,1H3,(H2,19,20,21,23). The van der Waals surface area contributed by atoms with Crippen molar-refractivity contribution < 1.29 is 9.32 Å². The second-order valence-electron chi connectivity index (χ2n) is 6.14. The van der Waals surface area contributed by atoms with Gasteiger partial charge in [-0.3, -0.25) is 10.3 Å². The summed E-state index contributed by atoms with van der Waals surface area (Å²) in [4.78, 5) is 18.4. The minimum absolute atomic E-state index is 0.204. The summed E-state index contributed by atoms with van der Waals surface area (Å²) >= 11 is 0. The molecule has 0 spiro atoms. The fourth-order valence-corrected chi connectivity index (χ4v) is 2.90. The van der Waals surface area contributed by atoms with Crippen molar-refractivity contribution in [1.82, 2.24) is 20.4 Å². The molecule has 3 rings (SSSR count). The normalized spacial score (nSPS) is 16.0. The molecule has 1 saturated heterocycles. The van der Waals surface area contributed by atoms with E-state index in [-0.39, 0.29) is 12.1 Å². The Hall–Kier alpha value is -2.41. The average Bonchev–Trinajstić information content (AvgIpc) is 3.00. The van der Waals surface area contributed by atoms with Crippen LogP contribution >= 0.6 is 0 Å². The Labute approximate surface area is 141 Å². The first-order valence-corrected chi connectivity index (χ1v) is 8.31. The highest BCUT2D eigenvalue weighted by Crippen LogP contribution is 2.12. The van der Waals surface area contributed by atoms with Crippen LogP contribution in [0.4, 0.5) is 10.6 Å². The molecule has 3 heterocycles. The summed E-state index contributed by atoms with van der Waals surface area (Å²) in [5.41, 5.74) is 1.31. The summed E-state index contributed by atoms with van der Waals surface area (Å²) in [5.74, 6) is 1.12. The van der Waals surface area contributed by atoms with Gasteiger partial charge in [0.2, 0.25) is 0 Å². The van der Waals surface area contributed by atoms with Crippen molar-refractivity contribution in [3.05, 3.63) is 41.9 Å². The van der Waals surface area contributed by atoms with Gasteiger partial charge in [0.05, 0.1) is 0 Å². The predicted octanol–water partition coefficient (Wildman–Crippen LogP) is 2.21. The van der Waals surface area contributed by atoms with Gasteiger partial charge in [0.25, 0.3) is 0 Å². The fraction of sp³-hybridized carbons (Fsp3) is 0.471. The topological polar surface area (TPSA) is 83.3 Å². The Balaban J connectivity index is 1.36. The number of pyridine rings is 1. The zero-order valence-electron chi connectivity index (χ0n) is 13.9. The lowest BCUT2D eigenvalue weighted by Crippen LogP contribution is -2.46. The lowest BCUT2D eigenvalue weighted by Gasteiger charge is -2.32. The summed E-state index contributed by atoms with van der Waals surface area (Å²) in [6.07, 6.45) is 6.62. The molecule has 0 atom stereocenters. The highest BCUT2D eigenvalue weighted by molar-refractivity contribution is 5.88. The Bertz CT molecular complexity index is 650. The number of piperidine rings is 1. The number of aryl methyl sites for hydroxylation is 1. The number of nitrogens with zero attached hydrogens (tertiary/aromatic N) is 3. The van der Waals surface area contributed by atoms with Crippen molar-refractivity contribution in [2.75, 3.05) is 25.0 Å². The number of carbonyl (C=O) groups excluding carboxylic acids is 1. The molecule has 0 bridgehead atoms. The predicted molar refractivity (Wildman–Crippen MR) is 90.8 cm³/mol. The summed E-state index contributed by atoms with van der Waals surface area (Å²) in [6, 6.07) is 5.80. The number of likely N-dealkylation sites (tertiary alicyclic amines) is 1. The summed E-state index contributed by atoms with van der Waals surface area (Å²) in [6.45, 7) is 4.83. The smallest absolute Gasteiger partial charge is 0.320 e. The second-order valence-corrected chi connectivity index (χ2v) is 6.14. The first-order chi connectivity index (χ1) is 11.7. The Morgan fingerprint density at radius 2 is 2.08 bits per heavy atom. The van der Waals surface area contributed by atoms with E-state index in [0.29, 0.717) is 11.6 Å². The number of carbonyl (C=O) groups is 1. The summed E-state index contributed by atoms with van der Waals surface area (Å²) in [7, 11) is 0. The summed E-state index contributed by atoms with van der Waals surface area (Å²) < 4.78 is 4.93. The van der Waals surface area contributed by atoms with Crippen molar-refractivity contribution >= 4 is 11.8 Å². The zero-order chi connectivity index (χ0) is 16.8. The van der Waals surface area contributed by atoms with E-state index in [1.807, 2.05) is 12.4 Å². The van der Waals surface area contributed by atoms with Crippen LogP contribution in [0.2, 0.25) is 0 Å². The van der Waals surface area contributed by atoms with Gasteiger partial charge >= 0.3 is 6.03 Å². The first-order valence-electron chi connectivity index (χ1n) is 8.31. The number of rotatable bonds is 5. The number of urea groups is 1. The van der Waals surface area contributed by atoms with Crippen molar-refractivity contribution in [1.29, 1.82) is 0 Å². The molecule has 2 aromatic rings. The van der Waals surface area contributed by atoms with Crippen LogP contribution < -0.4 is 10.6 Å². The van der Waals surface area contributed by atoms with Gasteiger partial charge in [0.15, 0.2) is 5.82 Å². The Morgan fingerprint density at radius 1 is 1.33 bits per heavy atom. The van der Waals surface area contributed by atoms with Gasteiger partial charge in [-0.1, -0.05) is 5.16 Å². The maximum Gasteiger partial charge on any atom is 0.320 e. The van der Waals surface area contributed by atoms with E-state index >= 15 is 0 Å². The van der Waals surface area contributed by atoms with Crippen molar-refractivity contribution in [2.45, 2.75) is 32.2 Å². The van der Waals surface area contributed by atoms with Crippen molar-refractivity contribution in [3.63, 3.8) is 0 Å². The van der Waals surface area contributed by atoms with Gasteiger partial charge in [-0.25, -0.2) is 4.79 Å². The molecule has 0 unspecified atom stereocenters. The molecule has 1 aliphatic rings. The second kappa shape index (κ2) is 7.92. The molecule has 0 aliphatic carbocycles. The molecular formula is C17H23N5O2. The maximum absolute atomic E-state index is 12.0. The lowest BCUT2D eigenvalue weighted by molar-refractivity contribution is 0.197. The quantitative estimate of drug-likeness (QED) is 0.879. The van der Waals surface area contributed by atoms with Crippen LogP contribution in [0.5, 0.6) is 0 Å². The van der Waals surface area contributed by atoms with Gasteiger partial charge in [0, 0.05) is 44.1 Å². The van der Waals surface area contributed by atoms with Gasteiger partial charge < -0.3 is 14.7 Å². The van der Waals surface area contributed by atoms with E-state index in [1.54, 1.807) is 13.0 Å². The molecule has 0 aromatic carbocycles. The molecule has 24 heavy (non-hydrogen) atoms. The van der Waals surface area contributed by atoms with Crippen LogP contribution in [0.3, 0.4) is 0 Å². The molecule has 0 saturated carbocycles. The minimum atomic E-state index is -0.224. The number of anilines is 1. The van der Waals surface area contributed by atoms with Crippen LogP contribution in [-0.4, -0.2) is 46.7 Å². The van der Waals surface area contributed by atoms with Gasteiger partial charge in [-0.15, -0.1) is 0 Å². The third kappa shape index (κ3) is 4.79. The van der Waals surface area contributed by atoms with Crippen LogP contribution in [-0.2, 0) is 6.42 Å². The minimum Gasteiger partial charge on any atom is -0.360 e. The number of hydrogen-bond donors (Lipinski definition) is 2. The summed E-state index contributed by atoms with van der Waals surface area (Å²) in [5, 5.41) is 9.45. The molecule has 0 radical (unpaired) electrons.